The predicted molar refractivity (Wildman–Crippen MR) is 102 cm³/mol. The Morgan fingerprint density at radius 2 is 1.93 bits per heavy atom. The molecule has 2 atom stereocenters. The highest BCUT2D eigenvalue weighted by atomic mass is 19.1. The number of halogens is 2. The van der Waals surface area contributed by atoms with Crippen molar-refractivity contribution >= 4 is 12.1 Å². The molecule has 1 saturated heterocycles. The second-order valence-corrected chi connectivity index (χ2v) is 7.01. The van der Waals surface area contributed by atoms with Gasteiger partial charge in [0.2, 0.25) is 0 Å². The molecule has 2 aromatic rings. The second kappa shape index (κ2) is 9.49. The van der Waals surface area contributed by atoms with Crippen LogP contribution in [0.25, 0.3) is 0 Å². The number of rotatable bonds is 6. The van der Waals surface area contributed by atoms with E-state index in [2.05, 4.69) is 0 Å². The van der Waals surface area contributed by atoms with Crippen LogP contribution in [-0.4, -0.2) is 36.7 Å². The molecule has 1 amide bonds. The lowest BCUT2D eigenvalue weighted by Crippen LogP contribution is -2.38. The van der Waals surface area contributed by atoms with Gasteiger partial charge in [-0.15, -0.1) is 0 Å². The summed E-state index contributed by atoms with van der Waals surface area (Å²) in [6.45, 7) is 0.647. The predicted octanol–water partition coefficient (Wildman–Crippen LogP) is 4.41. The summed E-state index contributed by atoms with van der Waals surface area (Å²) in [4.78, 5) is 26.4. The number of methoxy groups -OCH3 is 1. The molecule has 2 unspecified atom stereocenters. The van der Waals surface area contributed by atoms with E-state index >= 15 is 0 Å². The number of likely N-dealkylation sites (tertiary alicyclic amines) is 1. The maximum Gasteiger partial charge on any atom is 0.410 e. The zero-order chi connectivity index (χ0) is 20.8. The number of amides is 1. The minimum Gasteiger partial charge on any atom is -0.469 e. The fourth-order valence-electron chi connectivity index (χ4n) is 3.67. The number of hydrogen-bond donors (Lipinski definition) is 0. The van der Waals surface area contributed by atoms with Gasteiger partial charge in [0.15, 0.2) is 0 Å². The highest BCUT2D eigenvalue weighted by Crippen LogP contribution is 2.32. The molecule has 0 spiro atoms. The van der Waals surface area contributed by atoms with Gasteiger partial charge >= 0.3 is 12.1 Å². The lowest BCUT2D eigenvalue weighted by atomic mass is 9.90. The molecule has 29 heavy (non-hydrogen) atoms. The first-order valence-corrected chi connectivity index (χ1v) is 9.49. The monoisotopic (exact) mass is 403 g/mol. The third-order valence-corrected chi connectivity index (χ3v) is 5.15. The smallest absolute Gasteiger partial charge is 0.410 e. The molecule has 5 nitrogen and oxygen atoms in total. The highest BCUT2D eigenvalue weighted by molar-refractivity contribution is 5.78. The first-order valence-electron chi connectivity index (χ1n) is 9.49. The number of carbonyl (C=O) groups excluding carboxylic acids is 2. The summed E-state index contributed by atoms with van der Waals surface area (Å²) in [6.07, 6.45) is 1.12. The lowest BCUT2D eigenvalue weighted by Gasteiger charge is -2.27. The first-order chi connectivity index (χ1) is 14.0. The molecular weight excluding hydrogens is 380 g/mol. The fraction of sp³-hybridized carbons (Fsp3) is 0.364. The molecule has 0 aromatic heterocycles. The maximum atomic E-state index is 14.3. The quantitative estimate of drug-likeness (QED) is 0.671. The molecule has 1 aliphatic heterocycles. The SMILES string of the molecule is COC(=O)C(CC1CCCN1C(=O)OCc1ccccc1)c1ccc(F)cc1F. The summed E-state index contributed by atoms with van der Waals surface area (Å²) in [5.41, 5.74) is 0.931. The van der Waals surface area contributed by atoms with Gasteiger partial charge in [0, 0.05) is 24.2 Å². The molecule has 2 aromatic carbocycles. The van der Waals surface area contributed by atoms with Crippen LogP contribution in [0.5, 0.6) is 0 Å². The Hall–Kier alpha value is -2.96. The van der Waals surface area contributed by atoms with E-state index in [0.717, 1.165) is 24.1 Å². The standard InChI is InChI=1S/C22H23F2NO4/c1-28-21(26)19(18-10-9-16(23)12-20(18)24)13-17-8-5-11-25(17)22(27)29-14-15-6-3-2-4-7-15/h2-4,6-7,9-10,12,17,19H,5,8,11,13-14H2,1H3. The summed E-state index contributed by atoms with van der Waals surface area (Å²) >= 11 is 0. The van der Waals surface area contributed by atoms with Crippen molar-refractivity contribution in [2.24, 2.45) is 0 Å². The van der Waals surface area contributed by atoms with Crippen LogP contribution >= 0.6 is 0 Å². The van der Waals surface area contributed by atoms with Gasteiger partial charge in [-0.25, -0.2) is 13.6 Å². The molecule has 1 fully saturated rings. The van der Waals surface area contributed by atoms with Gasteiger partial charge in [-0.1, -0.05) is 36.4 Å². The Kier molecular flexibility index (Phi) is 6.80. The molecule has 0 N–H and O–H groups in total. The van der Waals surface area contributed by atoms with Gasteiger partial charge in [-0.3, -0.25) is 4.79 Å². The number of esters is 1. The molecule has 0 aliphatic carbocycles. The Balaban J connectivity index is 1.71. The van der Waals surface area contributed by atoms with E-state index in [9.17, 15) is 18.4 Å². The Bertz CT molecular complexity index is 859. The van der Waals surface area contributed by atoms with Crippen molar-refractivity contribution < 1.29 is 27.8 Å². The van der Waals surface area contributed by atoms with E-state index in [4.69, 9.17) is 9.47 Å². The van der Waals surface area contributed by atoms with Crippen molar-refractivity contribution in [3.8, 4) is 0 Å². The van der Waals surface area contributed by atoms with Crippen molar-refractivity contribution in [3.05, 3.63) is 71.3 Å². The second-order valence-electron chi connectivity index (χ2n) is 7.01. The average molecular weight is 403 g/mol. The van der Waals surface area contributed by atoms with Gasteiger partial charge in [-0.2, -0.15) is 0 Å². The van der Waals surface area contributed by atoms with E-state index < -0.39 is 29.6 Å². The van der Waals surface area contributed by atoms with Crippen molar-refractivity contribution in [2.75, 3.05) is 13.7 Å². The van der Waals surface area contributed by atoms with E-state index in [1.165, 1.54) is 13.2 Å². The summed E-state index contributed by atoms with van der Waals surface area (Å²) < 4.78 is 37.8. The average Bonchev–Trinajstić information content (AvgIpc) is 3.19. The van der Waals surface area contributed by atoms with Crippen LogP contribution in [0.3, 0.4) is 0 Å². The van der Waals surface area contributed by atoms with E-state index in [0.29, 0.717) is 13.0 Å². The summed E-state index contributed by atoms with van der Waals surface area (Å²) in [5, 5.41) is 0. The van der Waals surface area contributed by atoms with Crippen LogP contribution in [0.4, 0.5) is 13.6 Å². The third kappa shape index (κ3) is 5.10. The number of nitrogens with zero attached hydrogens (tertiary/aromatic N) is 1. The minimum atomic E-state index is -0.937. The molecule has 0 bridgehead atoms. The topological polar surface area (TPSA) is 55.8 Å². The van der Waals surface area contributed by atoms with E-state index in [1.807, 2.05) is 30.3 Å². The van der Waals surface area contributed by atoms with Crippen molar-refractivity contribution in [2.45, 2.75) is 37.8 Å². The normalized spacial score (nSPS) is 17.1. The summed E-state index contributed by atoms with van der Waals surface area (Å²) in [6, 6.07) is 12.1. The zero-order valence-electron chi connectivity index (χ0n) is 16.1. The Morgan fingerprint density at radius 1 is 1.17 bits per heavy atom. The van der Waals surface area contributed by atoms with Crippen LogP contribution in [0, 0.1) is 11.6 Å². The van der Waals surface area contributed by atoms with Crippen molar-refractivity contribution in [3.63, 3.8) is 0 Å². The molecule has 154 valence electrons. The Labute approximate surface area is 168 Å². The van der Waals surface area contributed by atoms with Crippen molar-refractivity contribution in [1.82, 2.24) is 4.90 Å². The molecule has 1 heterocycles. The molecule has 7 heteroatoms. The highest BCUT2D eigenvalue weighted by Gasteiger charge is 2.35. The number of hydrogen-bond acceptors (Lipinski definition) is 4. The minimum absolute atomic E-state index is 0.0581. The van der Waals surface area contributed by atoms with Gasteiger partial charge in [0.25, 0.3) is 0 Å². The number of benzene rings is 2. The third-order valence-electron chi connectivity index (χ3n) is 5.15. The van der Waals surface area contributed by atoms with Crippen LogP contribution in [0.1, 0.15) is 36.3 Å². The molecule has 0 saturated carbocycles. The van der Waals surface area contributed by atoms with E-state index in [1.54, 1.807) is 4.90 Å². The summed E-state index contributed by atoms with van der Waals surface area (Å²) in [5.74, 6) is -3.09. The Morgan fingerprint density at radius 3 is 2.62 bits per heavy atom. The molecule has 3 rings (SSSR count). The van der Waals surface area contributed by atoms with Gasteiger partial charge in [0.1, 0.15) is 18.2 Å². The molecule has 0 radical (unpaired) electrons. The van der Waals surface area contributed by atoms with Crippen molar-refractivity contribution in [1.29, 1.82) is 0 Å². The maximum absolute atomic E-state index is 14.3. The van der Waals surface area contributed by atoms with Crippen LogP contribution in [-0.2, 0) is 20.9 Å². The van der Waals surface area contributed by atoms with Gasteiger partial charge in [0.05, 0.1) is 13.0 Å². The van der Waals surface area contributed by atoms with Gasteiger partial charge < -0.3 is 14.4 Å². The van der Waals surface area contributed by atoms with Gasteiger partial charge in [-0.05, 0) is 30.9 Å². The number of ether oxygens (including phenoxy) is 2. The first kappa shape index (κ1) is 20.8. The largest absolute Gasteiger partial charge is 0.469 e. The molecular formula is C22H23F2NO4. The zero-order valence-corrected chi connectivity index (χ0v) is 16.1. The lowest BCUT2D eigenvalue weighted by molar-refractivity contribution is -0.143. The molecule has 1 aliphatic rings. The number of carbonyl (C=O) groups is 2. The summed E-state index contributed by atoms with van der Waals surface area (Å²) in [7, 11) is 1.22. The van der Waals surface area contributed by atoms with Crippen LogP contribution in [0.2, 0.25) is 0 Å². The van der Waals surface area contributed by atoms with Crippen LogP contribution in [0.15, 0.2) is 48.5 Å². The fourth-order valence-corrected chi connectivity index (χ4v) is 3.67. The van der Waals surface area contributed by atoms with E-state index in [-0.39, 0.29) is 24.6 Å². The van der Waals surface area contributed by atoms with Crippen LogP contribution < -0.4 is 0 Å².